The van der Waals surface area contributed by atoms with E-state index in [1.807, 2.05) is 18.3 Å². The minimum atomic E-state index is -1.30. The van der Waals surface area contributed by atoms with E-state index in [4.69, 9.17) is 9.40 Å². The molecule has 0 saturated carbocycles. The summed E-state index contributed by atoms with van der Waals surface area (Å²) in [6.07, 6.45) is 1.93. The number of para-hydroxylation sites is 2. The van der Waals surface area contributed by atoms with E-state index in [1.165, 1.54) is 89.1 Å². The fraction of sp³-hybridized carbons (Fsp3) is 0.233. The molecule has 0 saturated heterocycles. The number of furan rings is 1. The number of fused-ring (bicyclic) bond motifs is 7. The fourth-order valence-electron chi connectivity index (χ4n) is 10.9. The van der Waals surface area contributed by atoms with Crippen LogP contribution in [-0.4, -0.2) is 22.6 Å². The zero-order valence-corrected chi connectivity index (χ0v) is 51.8. The predicted molar refractivity (Wildman–Crippen MR) is 336 cm³/mol. The van der Waals surface area contributed by atoms with Crippen molar-refractivity contribution in [2.45, 2.75) is 112 Å². The van der Waals surface area contributed by atoms with Crippen LogP contribution >= 0.6 is 0 Å². The average Bonchev–Trinajstić information content (AvgIpc) is 4.05. The maximum Gasteiger partial charge on any atom is 0.121 e. The molecule has 0 unspecified atom stereocenters. The molecule has 3 heterocycles. The van der Waals surface area contributed by atoms with E-state index >= 15 is 0 Å². The van der Waals surface area contributed by atoms with Gasteiger partial charge in [0.05, 0.1) is 30.5 Å². The van der Waals surface area contributed by atoms with Crippen molar-refractivity contribution in [3.63, 3.8) is 0 Å². The molecule has 9 aromatic carbocycles. The second-order valence-corrected chi connectivity index (χ2v) is 30.2. The summed E-state index contributed by atoms with van der Waals surface area (Å²) >= 11 is 0. The molecule has 0 atom stereocenters. The number of nitrogens with zero attached hydrogens (tertiary/aromatic N) is 3. The quantitative estimate of drug-likeness (QED) is 0.0865. The number of hydrogen-bond acceptors (Lipinski definition) is 3. The third kappa shape index (κ3) is 10.9. The van der Waals surface area contributed by atoms with E-state index in [-0.39, 0.29) is 48.6 Å². The van der Waals surface area contributed by atoms with Crippen LogP contribution in [0.2, 0.25) is 19.6 Å². The Kier molecular flexibility index (Phi) is 15.2. The van der Waals surface area contributed by atoms with Crippen molar-refractivity contribution in [1.29, 1.82) is 0 Å². The van der Waals surface area contributed by atoms with Gasteiger partial charge in [0.1, 0.15) is 5.58 Å². The standard InChI is InChI=1S/C59H55N2O.C14H15FNSi.Ir/c1-35(2)48-31-42(38-24-22-37(23-25-38)41-28-43(58(5,6)7)33-44(29-41)59(8,9)10)32-49(36(3)4)55(48)61-53-21-14-13-20-52(53)60-57(61)47-19-15-18-46-51-30-40-27-26-39-16-11-12-17-45(39)50(40)34-54(51)62-56(46)47;1-17(2,3)13-8-9-14(16-10-13)11-4-6-12(15)7-5-11;/h11-18,20-36H,1-10H3;4,6-10H,1-3H3;/q2*-1;. The molecule has 0 spiro atoms. The van der Waals surface area contributed by atoms with Crippen molar-refractivity contribution >= 4 is 67.8 Å². The Balaban J connectivity index is 0.000000342. The van der Waals surface area contributed by atoms with E-state index < -0.39 is 8.07 Å². The molecule has 12 aromatic rings. The Labute approximate surface area is 486 Å². The van der Waals surface area contributed by atoms with Crippen LogP contribution in [0.1, 0.15) is 103 Å². The summed E-state index contributed by atoms with van der Waals surface area (Å²) in [7, 11) is -1.30. The fourth-order valence-corrected chi connectivity index (χ4v) is 11.9. The van der Waals surface area contributed by atoms with E-state index in [1.54, 1.807) is 6.07 Å². The van der Waals surface area contributed by atoms with Gasteiger partial charge in [0, 0.05) is 43.2 Å². The van der Waals surface area contributed by atoms with Gasteiger partial charge in [0.2, 0.25) is 0 Å². The summed E-state index contributed by atoms with van der Waals surface area (Å²) in [5.74, 6) is 1.03. The molecule has 7 heteroatoms. The van der Waals surface area contributed by atoms with Crippen LogP contribution in [0.15, 0.2) is 180 Å². The Morgan fingerprint density at radius 3 is 1.80 bits per heavy atom. The summed E-state index contributed by atoms with van der Waals surface area (Å²) < 4.78 is 22.1. The van der Waals surface area contributed by atoms with Crippen LogP contribution in [0.3, 0.4) is 0 Å². The molecule has 3 aromatic heterocycles. The van der Waals surface area contributed by atoms with Gasteiger partial charge in [-0.3, -0.25) is 9.37 Å². The SMILES string of the molecule is CC(C)c1cc(-c2ccc(-c3cc(C(C)(C)C)cc(C(C)(C)C)c3)cc2)cc(C(C)C)c1-n1c(-c2[c-]ccc3c2oc2cc4c(ccc5ccccc54)cc23)nc2ccccc21.C[Si](C)(C)c1ccc(-c2[c-]cc(F)cc2)nc1.[Ir]. The van der Waals surface area contributed by atoms with Crippen molar-refractivity contribution in [1.82, 2.24) is 14.5 Å². The van der Waals surface area contributed by atoms with E-state index in [2.05, 4.69) is 250 Å². The number of aromatic nitrogens is 3. The summed E-state index contributed by atoms with van der Waals surface area (Å²) in [5.41, 5.74) is 17.7. The van der Waals surface area contributed by atoms with Gasteiger partial charge >= 0.3 is 0 Å². The first-order valence-corrected chi connectivity index (χ1v) is 31.4. The Bertz CT molecular complexity index is 4180. The van der Waals surface area contributed by atoms with Crippen molar-refractivity contribution < 1.29 is 28.9 Å². The van der Waals surface area contributed by atoms with Gasteiger partial charge in [-0.15, -0.1) is 48.0 Å². The van der Waals surface area contributed by atoms with E-state index in [9.17, 15) is 4.39 Å². The number of hydrogen-bond donors (Lipinski definition) is 0. The molecule has 0 fully saturated rings. The summed E-state index contributed by atoms with van der Waals surface area (Å²) in [6, 6.07) is 66.5. The largest absolute Gasteiger partial charge is 0.501 e. The van der Waals surface area contributed by atoms with Gasteiger partial charge in [-0.25, -0.2) is 0 Å². The molecule has 4 nitrogen and oxygen atoms in total. The molecule has 0 N–H and O–H groups in total. The molecule has 80 heavy (non-hydrogen) atoms. The molecule has 12 rings (SSSR count). The molecule has 1 radical (unpaired) electrons. The number of rotatable bonds is 8. The summed E-state index contributed by atoms with van der Waals surface area (Å²) in [4.78, 5) is 9.84. The van der Waals surface area contributed by atoms with Crippen molar-refractivity contribution in [3.8, 4) is 50.6 Å². The third-order valence-corrected chi connectivity index (χ3v) is 17.6. The van der Waals surface area contributed by atoms with Gasteiger partial charge < -0.3 is 14.0 Å². The molecule has 0 bridgehead atoms. The number of halogens is 1. The maximum absolute atomic E-state index is 12.8. The maximum atomic E-state index is 12.8. The Hall–Kier alpha value is -7.28. The first-order valence-electron chi connectivity index (χ1n) is 27.9. The normalized spacial score (nSPS) is 12.2. The van der Waals surface area contributed by atoms with Crippen LogP contribution in [0, 0.1) is 17.9 Å². The smallest absolute Gasteiger partial charge is 0.121 e. The van der Waals surface area contributed by atoms with E-state index in [0.717, 1.165) is 55.6 Å². The van der Waals surface area contributed by atoms with Gasteiger partial charge in [0.15, 0.2) is 0 Å². The Morgan fingerprint density at radius 2 is 1.20 bits per heavy atom. The molecule has 0 aliphatic rings. The van der Waals surface area contributed by atoms with Gasteiger partial charge in [-0.1, -0.05) is 203 Å². The first-order chi connectivity index (χ1) is 37.6. The summed E-state index contributed by atoms with van der Waals surface area (Å²) in [5, 5.41) is 8.32. The molecular formula is C73H70FIrN3OSi-2. The molecule has 0 amide bonds. The van der Waals surface area contributed by atoms with E-state index in [0.29, 0.717) is 0 Å². The van der Waals surface area contributed by atoms with Crippen LogP contribution in [0.5, 0.6) is 0 Å². The van der Waals surface area contributed by atoms with Crippen molar-refractivity contribution in [3.05, 3.63) is 216 Å². The van der Waals surface area contributed by atoms with Crippen LogP contribution < -0.4 is 5.19 Å². The molecule has 0 aliphatic carbocycles. The second-order valence-electron chi connectivity index (χ2n) is 25.1. The zero-order chi connectivity index (χ0) is 55.7. The van der Waals surface area contributed by atoms with Crippen LogP contribution in [-0.2, 0) is 30.9 Å². The van der Waals surface area contributed by atoms with Crippen LogP contribution in [0.4, 0.5) is 4.39 Å². The minimum Gasteiger partial charge on any atom is -0.501 e. The first kappa shape index (κ1) is 56.0. The number of imidazole rings is 1. The van der Waals surface area contributed by atoms with Crippen molar-refractivity contribution in [2.24, 2.45) is 0 Å². The molecule has 405 valence electrons. The third-order valence-electron chi connectivity index (χ3n) is 15.6. The number of benzene rings is 9. The molecular weight excluding hydrogens is 1170 g/mol. The van der Waals surface area contributed by atoms with Gasteiger partial charge in [-0.2, -0.15) is 0 Å². The van der Waals surface area contributed by atoms with Gasteiger partial charge in [0.25, 0.3) is 0 Å². The second kappa shape index (κ2) is 21.6. The monoisotopic (exact) mass is 1240 g/mol. The molecule has 0 aliphatic heterocycles. The van der Waals surface area contributed by atoms with Gasteiger partial charge in [-0.05, 0) is 136 Å². The topological polar surface area (TPSA) is 43.9 Å². The Morgan fingerprint density at radius 1 is 0.575 bits per heavy atom. The number of pyridine rings is 1. The average molecular weight is 1240 g/mol. The summed E-state index contributed by atoms with van der Waals surface area (Å²) in [6.45, 7) is 29.9. The van der Waals surface area contributed by atoms with Crippen molar-refractivity contribution in [2.75, 3.05) is 0 Å². The predicted octanol–water partition coefficient (Wildman–Crippen LogP) is 20.1. The van der Waals surface area contributed by atoms with Crippen LogP contribution in [0.25, 0.3) is 105 Å². The minimum absolute atomic E-state index is 0. The zero-order valence-electron chi connectivity index (χ0n) is 48.4.